The smallest absolute Gasteiger partial charge is 0.120 e. The van der Waals surface area contributed by atoms with E-state index in [0.717, 1.165) is 18.2 Å². The van der Waals surface area contributed by atoms with Gasteiger partial charge in [-0.2, -0.15) is 0 Å². The Morgan fingerprint density at radius 3 is 2.50 bits per heavy atom. The summed E-state index contributed by atoms with van der Waals surface area (Å²) in [6.07, 6.45) is 2.72. The van der Waals surface area contributed by atoms with Crippen LogP contribution in [0.1, 0.15) is 24.0 Å². The molecule has 0 spiro atoms. The molecule has 3 saturated heterocycles. The number of nitrogens with zero attached hydrogens (tertiary/aromatic N) is 1. The quantitative estimate of drug-likeness (QED) is 0.881. The summed E-state index contributed by atoms with van der Waals surface area (Å²) in [6, 6.07) is 19.5. The number of rotatable bonds is 6. The maximum Gasteiger partial charge on any atom is 0.120 e. The molecule has 24 heavy (non-hydrogen) atoms. The molecule has 0 radical (unpaired) electrons. The van der Waals surface area contributed by atoms with Crippen molar-refractivity contribution in [2.24, 2.45) is 5.92 Å². The fourth-order valence-electron chi connectivity index (χ4n) is 3.93. The van der Waals surface area contributed by atoms with Crippen LogP contribution in [0.25, 0.3) is 0 Å². The second-order valence-corrected chi connectivity index (χ2v) is 7.05. The van der Waals surface area contributed by atoms with Gasteiger partial charge in [-0.05, 0) is 55.1 Å². The number of hydrogen-bond acceptors (Lipinski definition) is 3. The lowest BCUT2D eigenvalue weighted by atomic mass is 9.84. The third kappa shape index (κ3) is 3.80. The van der Waals surface area contributed by atoms with Crippen LogP contribution < -0.4 is 10.1 Å². The zero-order chi connectivity index (χ0) is 16.2. The molecular weight excluding hydrogens is 296 g/mol. The first-order valence-corrected chi connectivity index (χ1v) is 9.08. The topological polar surface area (TPSA) is 24.5 Å². The van der Waals surface area contributed by atoms with Crippen molar-refractivity contribution in [1.29, 1.82) is 0 Å². The minimum atomic E-state index is 0.622. The van der Waals surface area contributed by atoms with Gasteiger partial charge in [0, 0.05) is 19.1 Å². The first-order valence-electron chi connectivity index (χ1n) is 9.08. The molecule has 3 fully saturated rings. The Balaban J connectivity index is 1.31. The molecule has 2 aromatic rings. The molecule has 3 aliphatic heterocycles. The predicted octanol–water partition coefficient (Wildman–Crippen LogP) is 3.45. The summed E-state index contributed by atoms with van der Waals surface area (Å²) >= 11 is 0. The highest BCUT2D eigenvalue weighted by molar-refractivity contribution is 5.29. The molecule has 2 aromatic carbocycles. The normalized spacial score (nSPS) is 25.6. The maximum atomic E-state index is 5.94. The van der Waals surface area contributed by atoms with E-state index in [1.807, 2.05) is 24.3 Å². The number of ether oxygens (including phenoxy) is 1. The molecule has 0 aromatic heterocycles. The van der Waals surface area contributed by atoms with Crippen LogP contribution in [-0.4, -0.2) is 30.6 Å². The monoisotopic (exact) mass is 322 g/mol. The first-order chi connectivity index (χ1) is 11.9. The van der Waals surface area contributed by atoms with Crippen LogP contribution in [0.3, 0.4) is 0 Å². The highest BCUT2D eigenvalue weighted by atomic mass is 16.5. The van der Waals surface area contributed by atoms with Crippen molar-refractivity contribution in [3.8, 4) is 5.75 Å². The molecule has 1 atom stereocenters. The summed E-state index contributed by atoms with van der Waals surface area (Å²) in [6.45, 7) is 5.36. The molecule has 3 nitrogen and oxygen atoms in total. The van der Waals surface area contributed by atoms with Gasteiger partial charge in [-0.15, -0.1) is 0 Å². The van der Waals surface area contributed by atoms with Gasteiger partial charge in [0.15, 0.2) is 0 Å². The summed E-state index contributed by atoms with van der Waals surface area (Å²) in [4.78, 5) is 2.59. The summed E-state index contributed by atoms with van der Waals surface area (Å²) in [7, 11) is 0. The van der Waals surface area contributed by atoms with Crippen LogP contribution in [0.2, 0.25) is 0 Å². The molecule has 3 heteroatoms. The summed E-state index contributed by atoms with van der Waals surface area (Å²) in [5, 5.41) is 3.77. The molecule has 0 saturated carbocycles. The van der Waals surface area contributed by atoms with Crippen LogP contribution >= 0.6 is 0 Å². The second kappa shape index (κ2) is 7.37. The number of hydrogen-bond donors (Lipinski definition) is 1. The molecule has 0 aliphatic carbocycles. The van der Waals surface area contributed by atoms with Gasteiger partial charge in [-0.25, -0.2) is 0 Å². The van der Waals surface area contributed by atoms with Gasteiger partial charge in [0.2, 0.25) is 0 Å². The lowest BCUT2D eigenvalue weighted by Gasteiger charge is -2.45. The zero-order valence-corrected chi connectivity index (χ0v) is 14.2. The van der Waals surface area contributed by atoms with Crippen molar-refractivity contribution in [3.05, 3.63) is 65.7 Å². The molecule has 1 N–H and O–H groups in total. The van der Waals surface area contributed by atoms with Gasteiger partial charge in [-0.3, -0.25) is 0 Å². The van der Waals surface area contributed by atoms with Crippen LogP contribution in [0, 0.1) is 5.92 Å². The van der Waals surface area contributed by atoms with Gasteiger partial charge in [0.1, 0.15) is 12.4 Å². The van der Waals surface area contributed by atoms with Gasteiger partial charge in [0.05, 0.1) is 0 Å². The van der Waals surface area contributed by atoms with E-state index >= 15 is 0 Å². The molecule has 5 rings (SSSR count). The molecule has 3 aliphatic rings. The van der Waals surface area contributed by atoms with Crippen LogP contribution in [0.4, 0.5) is 0 Å². The van der Waals surface area contributed by atoms with Gasteiger partial charge >= 0.3 is 0 Å². The van der Waals surface area contributed by atoms with E-state index in [1.54, 1.807) is 0 Å². The summed E-state index contributed by atoms with van der Waals surface area (Å²) in [5.74, 6) is 1.82. The molecule has 1 unspecified atom stereocenters. The van der Waals surface area contributed by atoms with Crippen molar-refractivity contribution in [2.45, 2.75) is 32.0 Å². The van der Waals surface area contributed by atoms with Crippen molar-refractivity contribution in [3.63, 3.8) is 0 Å². The fourth-order valence-corrected chi connectivity index (χ4v) is 3.93. The van der Waals surface area contributed by atoms with Crippen molar-refractivity contribution < 1.29 is 4.74 Å². The van der Waals surface area contributed by atoms with E-state index in [2.05, 4.69) is 40.5 Å². The van der Waals surface area contributed by atoms with Crippen molar-refractivity contribution in [1.82, 2.24) is 10.2 Å². The van der Waals surface area contributed by atoms with Crippen LogP contribution in [0.15, 0.2) is 54.6 Å². The molecule has 126 valence electrons. The second-order valence-electron chi connectivity index (χ2n) is 7.05. The summed E-state index contributed by atoms with van der Waals surface area (Å²) < 4.78 is 5.94. The van der Waals surface area contributed by atoms with Crippen molar-refractivity contribution >= 4 is 0 Å². The number of fused-ring (bicyclic) bond motifs is 3. The third-order valence-corrected chi connectivity index (χ3v) is 5.37. The van der Waals surface area contributed by atoms with E-state index < -0.39 is 0 Å². The van der Waals surface area contributed by atoms with E-state index in [0.29, 0.717) is 12.6 Å². The minimum absolute atomic E-state index is 0.622. The zero-order valence-electron chi connectivity index (χ0n) is 14.2. The lowest BCUT2D eigenvalue weighted by molar-refractivity contribution is 0.0720. The average Bonchev–Trinajstić information content (AvgIpc) is 2.67. The van der Waals surface area contributed by atoms with Gasteiger partial charge in [0.25, 0.3) is 0 Å². The Kier molecular flexibility index (Phi) is 4.81. The number of piperidine rings is 3. The molecular formula is C21H26N2O. The Morgan fingerprint density at radius 1 is 0.958 bits per heavy atom. The Morgan fingerprint density at radius 2 is 1.75 bits per heavy atom. The standard InChI is InChI=1S/C21H26N2O/c1-2-5-17(6-3-1)16-24-20-8-4-7-18(13-20)14-22-21-15-23-11-9-19(21)10-12-23/h1-8,13,19,21-22H,9-12,14-16H2. The third-order valence-electron chi connectivity index (χ3n) is 5.37. The van der Waals surface area contributed by atoms with E-state index in [1.165, 1.54) is 43.6 Å². The number of benzene rings is 2. The van der Waals surface area contributed by atoms with Gasteiger partial charge in [-0.1, -0.05) is 42.5 Å². The fraction of sp³-hybridized carbons (Fsp3) is 0.429. The minimum Gasteiger partial charge on any atom is -0.489 e. The SMILES string of the molecule is c1ccc(COc2cccc(CNC3CN4CCC3CC4)c2)cc1. The summed E-state index contributed by atoms with van der Waals surface area (Å²) in [5.41, 5.74) is 2.50. The molecule has 2 bridgehead atoms. The highest BCUT2D eigenvalue weighted by Gasteiger charge is 2.33. The average molecular weight is 322 g/mol. The largest absolute Gasteiger partial charge is 0.489 e. The van der Waals surface area contributed by atoms with E-state index in [4.69, 9.17) is 4.74 Å². The van der Waals surface area contributed by atoms with E-state index in [-0.39, 0.29) is 0 Å². The predicted molar refractivity (Wildman–Crippen MR) is 97.0 cm³/mol. The number of nitrogens with one attached hydrogen (secondary N) is 1. The van der Waals surface area contributed by atoms with Crippen LogP contribution in [0.5, 0.6) is 5.75 Å². The lowest BCUT2D eigenvalue weighted by Crippen LogP contribution is -2.55. The highest BCUT2D eigenvalue weighted by Crippen LogP contribution is 2.27. The van der Waals surface area contributed by atoms with Gasteiger partial charge < -0.3 is 15.0 Å². The Labute approximate surface area is 144 Å². The molecule has 0 amide bonds. The van der Waals surface area contributed by atoms with Crippen LogP contribution in [-0.2, 0) is 13.2 Å². The van der Waals surface area contributed by atoms with E-state index in [9.17, 15) is 0 Å². The first kappa shape index (κ1) is 15.7. The Hall–Kier alpha value is -1.84. The maximum absolute atomic E-state index is 5.94. The molecule has 3 heterocycles. The van der Waals surface area contributed by atoms with Crippen molar-refractivity contribution in [2.75, 3.05) is 19.6 Å². The Bertz CT molecular complexity index is 650.